The van der Waals surface area contributed by atoms with Gasteiger partial charge in [-0.05, 0) is 66.9 Å². The molecule has 6 nitrogen and oxygen atoms in total. The average Bonchev–Trinajstić information content (AvgIpc) is 3.52. The van der Waals surface area contributed by atoms with E-state index < -0.39 is 5.82 Å². The molecule has 0 atom stereocenters. The Morgan fingerprint density at radius 1 is 0.935 bits per heavy atom. The second-order valence-corrected chi connectivity index (χ2v) is 8.36. The molecule has 3 N–H and O–H groups in total. The number of hydrogen-bond donors (Lipinski definition) is 3. The maximum absolute atomic E-state index is 13.0. The zero-order valence-corrected chi connectivity index (χ0v) is 17.3. The van der Waals surface area contributed by atoms with Crippen molar-refractivity contribution in [2.45, 2.75) is 19.4 Å². The molecule has 0 spiro atoms. The van der Waals surface area contributed by atoms with E-state index in [1.54, 1.807) is 30.3 Å². The van der Waals surface area contributed by atoms with Gasteiger partial charge in [-0.1, -0.05) is 12.1 Å². The normalized spacial score (nSPS) is 12.8. The van der Waals surface area contributed by atoms with E-state index in [0.29, 0.717) is 21.1 Å². The van der Waals surface area contributed by atoms with Gasteiger partial charge in [0.2, 0.25) is 5.91 Å². The molecule has 31 heavy (non-hydrogen) atoms. The van der Waals surface area contributed by atoms with Crippen LogP contribution in [-0.2, 0) is 11.3 Å². The molecular formula is C23H20FN3O3S. The van der Waals surface area contributed by atoms with Crippen molar-refractivity contribution in [2.24, 2.45) is 5.92 Å². The lowest BCUT2D eigenvalue weighted by atomic mass is 10.1. The van der Waals surface area contributed by atoms with Crippen LogP contribution in [0.4, 0.5) is 15.1 Å². The van der Waals surface area contributed by atoms with E-state index in [-0.39, 0.29) is 30.2 Å². The van der Waals surface area contributed by atoms with Crippen LogP contribution in [0.2, 0.25) is 0 Å². The Kier molecular flexibility index (Phi) is 6.08. The predicted molar refractivity (Wildman–Crippen MR) is 118 cm³/mol. The molecule has 0 bridgehead atoms. The van der Waals surface area contributed by atoms with Crippen molar-refractivity contribution in [3.63, 3.8) is 0 Å². The first-order valence-electron chi connectivity index (χ1n) is 9.83. The lowest BCUT2D eigenvalue weighted by Gasteiger charge is -2.08. The summed E-state index contributed by atoms with van der Waals surface area (Å²) < 4.78 is 13.0. The van der Waals surface area contributed by atoms with Crippen molar-refractivity contribution in [1.82, 2.24) is 5.32 Å². The third-order valence-corrected chi connectivity index (χ3v) is 5.77. The Labute approximate surface area is 182 Å². The third kappa shape index (κ3) is 5.55. The first kappa shape index (κ1) is 20.7. The number of benzene rings is 2. The molecule has 0 saturated heterocycles. The number of thiophene rings is 1. The minimum Gasteiger partial charge on any atom is -0.347 e. The van der Waals surface area contributed by atoms with E-state index in [2.05, 4.69) is 16.0 Å². The topological polar surface area (TPSA) is 87.3 Å². The summed E-state index contributed by atoms with van der Waals surface area (Å²) in [5.74, 6) is -0.876. The number of nitrogens with one attached hydrogen (secondary N) is 3. The van der Waals surface area contributed by atoms with Crippen LogP contribution in [0.15, 0.2) is 60.7 Å². The molecule has 1 saturated carbocycles. The molecule has 1 aromatic heterocycles. The maximum Gasteiger partial charge on any atom is 0.261 e. The van der Waals surface area contributed by atoms with Crippen LogP contribution in [0.25, 0.3) is 0 Å². The maximum atomic E-state index is 13.0. The molecule has 0 radical (unpaired) electrons. The van der Waals surface area contributed by atoms with Gasteiger partial charge in [-0.2, -0.15) is 0 Å². The van der Waals surface area contributed by atoms with Gasteiger partial charge in [-0.3, -0.25) is 14.4 Å². The Bertz CT molecular complexity index is 1120. The Morgan fingerprint density at radius 2 is 1.71 bits per heavy atom. The number of anilines is 2. The van der Waals surface area contributed by atoms with E-state index in [4.69, 9.17) is 0 Å². The van der Waals surface area contributed by atoms with Crippen LogP contribution in [-0.4, -0.2) is 17.7 Å². The Morgan fingerprint density at radius 3 is 2.45 bits per heavy atom. The third-order valence-electron chi connectivity index (χ3n) is 4.77. The summed E-state index contributed by atoms with van der Waals surface area (Å²) in [5.41, 5.74) is 1.73. The lowest BCUT2D eigenvalue weighted by molar-refractivity contribution is -0.117. The SMILES string of the molecule is O=C(Nc1cccc(CNC(=O)c2ccc(NC(=O)C3CC3)s2)c1)c1ccc(F)cc1. The standard InChI is InChI=1S/C23H20FN3O3S/c24-17-8-6-16(7-9-17)21(28)26-18-3-1-2-14(12-18)13-25-23(30)19-10-11-20(31-19)27-22(29)15-4-5-15/h1-3,6-12,15H,4-5,13H2,(H,25,30)(H,26,28)(H,27,29). The molecule has 1 aliphatic rings. The summed E-state index contributed by atoms with van der Waals surface area (Å²) in [6.45, 7) is 0.279. The molecule has 1 heterocycles. The molecule has 2 aromatic carbocycles. The number of carbonyl (C=O) groups excluding carboxylic acids is 3. The zero-order valence-electron chi connectivity index (χ0n) is 16.5. The molecule has 3 aromatic rings. The van der Waals surface area contributed by atoms with Gasteiger partial charge >= 0.3 is 0 Å². The number of rotatable bonds is 7. The highest BCUT2D eigenvalue weighted by atomic mass is 32.1. The number of halogens is 1. The molecule has 4 rings (SSSR count). The van der Waals surface area contributed by atoms with E-state index in [0.717, 1.165) is 18.4 Å². The lowest BCUT2D eigenvalue weighted by Crippen LogP contribution is -2.22. The highest BCUT2D eigenvalue weighted by Gasteiger charge is 2.29. The predicted octanol–water partition coefficient (Wildman–Crippen LogP) is 4.42. The molecule has 1 aliphatic carbocycles. The smallest absolute Gasteiger partial charge is 0.261 e. The minimum atomic E-state index is -0.405. The van der Waals surface area contributed by atoms with E-state index in [1.807, 2.05) is 6.07 Å². The van der Waals surface area contributed by atoms with E-state index in [1.165, 1.54) is 35.6 Å². The second kappa shape index (κ2) is 9.09. The van der Waals surface area contributed by atoms with Gasteiger partial charge in [0.05, 0.1) is 9.88 Å². The monoisotopic (exact) mass is 437 g/mol. The number of amides is 3. The van der Waals surface area contributed by atoms with Gasteiger partial charge in [0.25, 0.3) is 11.8 Å². The van der Waals surface area contributed by atoms with Gasteiger partial charge in [0, 0.05) is 23.7 Å². The molecule has 158 valence electrons. The van der Waals surface area contributed by atoms with Gasteiger partial charge in [-0.25, -0.2) is 4.39 Å². The Hall–Kier alpha value is -3.52. The van der Waals surface area contributed by atoms with Crippen molar-refractivity contribution >= 4 is 39.7 Å². The fourth-order valence-corrected chi connectivity index (χ4v) is 3.75. The molecule has 8 heteroatoms. The first-order valence-corrected chi connectivity index (χ1v) is 10.6. The number of hydrogen-bond acceptors (Lipinski definition) is 4. The molecular weight excluding hydrogens is 417 g/mol. The summed E-state index contributed by atoms with van der Waals surface area (Å²) in [7, 11) is 0. The van der Waals surface area contributed by atoms with Crippen molar-refractivity contribution in [3.8, 4) is 0 Å². The number of carbonyl (C=O) groups is 3. The van der Waals surface area contributed by atoms with Gasteiger partial charge < -0.3 is 16.0 Å². The van der Waals surface area contributed by atoms with Crippen molar-refractivity contribution < 1.29 is 18.8 Å². The van der Waals surface area contributed by atoms with E-state index >= 15 is 0 Å². The van der Waals surface area contributed by atoms with Crippen LogP contribution < -0.4 is 16.0 Å². The summed E-state index contributed by atoms with van der Waals surface area (Å²) in [6, 6.07) is 15.8. The van der Waals surface area contributed by atoms with E-state index in [9.17, 15) is 18.8 Å². The van der Waals surface area contributed by atoms with Crippen LogP contribution in [0.5, 0.6) is 0 Å². The van der Waals surface area contributed by atoms with Gasteiger partial charge in [0.15, 0.2) is 0 Å². The van der Waals surface area contributed by atoms with Crippen molar-refractivity contribution in [1.29, 1.82) is 0 Å². The van der Waals surface area contributed by atoms with Crippen LogP contribution in [0.3, 0.4) is 0 Å². The molecule has 0 unspecified atom stereocenters. The van der Waals surface area contributed by atoms with Crippen LogP contribution in [0.1, 0.15) is 38.4 Å². The summed E-state index contributed by atoms with van der Waals surface area (Å²) >= 11 is 1.23. The average molecular weight is 437 g/mol. The Balaban J connectivity index is 1.32. The highest BCUT2D eigenvalue weighted by molar-refractivity contribution is 7.18. The van der Waals surface area contributed by atoms with Crippen molar-refractivity contribution in [2.75, 3.05) is 10.6 Å². The van der Waals surface area contributed by atoms with Crippen LogP contribution >= 0.6 is 11.3 Å². The largest absolute Gasteiger partial charge is 0.347 e. The molecule has 3 amide bonds. The molecule has 0 aliphatic heterocycles. The fourth-order valence-electron chi connectivity index (χ4n) is 2.93. The zero-order chi connectivity index (χ0) is 21.8. The minimum absolute atomic E-state index is 0.00769. The van der Waals surface area contributed by atoms with Gasteiger partial charge in [0.1, 0.15) is 5.82 Å². The highest BCUT2D eigenvalue weighted by Crippen LogP contribution is 2.31. The fraction of sp³-hybridized carbons (Fsp3) is 0.174. The summed E-state index contributed by atoms with van der Waals surface area (Å²) in [6.07, 6.45) is 1.85. The second-order valence-electron chi connectivity index (χ2n) is 7.27. The summed E-state index contributed by atoms with van der Waals surface area (Å²) in [5, 5.41) is 9.09. The quantitative estimate of drug-likeness (QED) is 0.511. The van der Waals surface area contributed by atoms with Crippen molar-refractivity contribution in [3.05, 3.63) is 82.5 Å². The molecule has 1 fully saturated rings. The first-order chi connectivity index (χ1) is 15.0. The van der Waals surface area contributed by atoms with Crippen LogP contribution in [0, 0.1) is 11.7 Å². The summed E-state index contributed by atoms with van der Waals surface area (Å²) in [4.78, 5) is 37.0. The van der Waals surface area contributed by atoms with Gasteiger partial charge in [-0.15, -0.1) is 11.3 Å².